The second-order valence-electron chi connectivity index (χ2n) is 14.4. The van der Waals surface area contributed by atoms with E-state index < -0.39 is 30.9 Å². The van der Waals surface area contributed by atoms with Gasteiger partial charge in [-0.15, -0.1) is 0 Å². The van der Waals surface area contributed by atoms with Crippen molar-refractivity contribution in [1.29, 1.82) is 0 Å². The standard InChI is InChI=1S/C31H46N2O8/c1-17-7-10-31(38-14-17)18(2)28-24(41-31)12-23-21-6-5-19-11-20(32-39-15-26(34)35)8-9-29(19,3)22(21)13-25(30(23,28)4)33-40-16-27(36)37/h17-19,21-24,28H,5-16H2,1-4H3,(H,34,35)(H,36,37)/b32-20-,33-25-/t17?,18-,19-,21+,22-,23-,24-,28-,29-,30+,31+/m0/s1. The molecule has 11 atom stereocenters. The van der Waals surface area contributed by atoms with Crippen molar-refractivity contribution in [3.8, 4) is 0 Å². The SMILES string of the molecule is CC1CC[C@@]2(OC1)O[C@H]1C[C@H]3[C@@H]4CC[C@H]5C/C(=N\OCC(=O)O)CC[C@]5(C)[C@H]4C/C(=N/OCC(=O)O)[C@]3(C)[C@H]1[C@@H]2C. The van der Waals surface area contributed by atoms with Gasteiger partial charge in [0, 0.05) is 23.7 Å². The number of ether oxygens (including phenoxy) is 2. The quantitative estimate of drug-likeness (QED) is 0.425. The van der Waals surface area contributed by atoms with Crippen molar-refractivity contribution in [2.45, 2.75) is 97.4 Å². The van der Waals surface area contributed by atoms with Crippen molar-refractivity contribution in [2.75, 3.05) is 19.8 Å². The van der Waals surface area contributed by atoms with Gasteiger partial charge in [0.25, 0.3) is 0 Å². The first-order valence-corrected chi connectivity index (χ1v) is 15.6. The Kier molecular flexibility index (Phi) is 7.41. The highest BCUT2D eigenvalue weighted by molar-refractivity contribution is 5.92. The Bertz CT molecular complexity index is 1120. The van der Waals surface area contributed by atoms with E-state index in [2.05, 4.69) is 38.0 Å². The number of hydrogen-bond acceptors (Lipinski definition) is 8. The summed E-state index contributed by atoms with van der Waals surface area (Å²) in [6.45, 7) is 9.16. The third-order valence-corrected chi connectivity index (χ3v) is 12.4. The molecule has 10 heteroatoms. The average molecular weight is 575 g/mol. The van der Waals surface area contributed by atoms with Crippen LogP contribution in [0.15, 0.2) is 10.3 Å². The van der Waals surface area contributed by atoms with E-state index in [9.17, 15) is 14.7 Å². The normalized spacial score (nSPS) is 48.8. The van der Waals surface area contributed by atoms with Gasteiger partial charge in [-0.1, -0.05) is 38.0 Å². The zero-order valence-electron chi connectivity index (χ0n) is 24.8. The molecule has 2 N–H and O–H groups in total. The molecular weight excluding hydrogens is 528 g/mol. The van der Waals surface area contributed by atoms with E-state index in [0.717, 1.165) is 75.8 Å². The number of oxime groups is 2. The van der Waals surface area contributed by atoms with Crippen LogP contribution in [0, 0.1) is 52.3 Å². The van der Waals surface area contributed by atoms with Crippen LogP contribution in [0.5, 0.6) is 0 Å². The van der Waals surface area contributed by atoms with Crippen LogP contribution in [0.1, 0.15) is 85.5 Å². The van der Waals surface area contributed by atoms with Crippen LogP contribution in [0.25, 0.3) is 0 Å². The third-order valence-electron chi connectivity index (χ3n) is 12.4. The van der Waals surface area contributed by atoms with E-state index in [0.29, 0.717) is 29.6 Å². The maximum atomic E-state index is 11.3. The lowest BCUT2D eigenvalue weighted by molar-refractivity contribution is -0.272. The van der Waals surface area contributed by atoms with E-state index in [1.807, 2.05) is 0 Å². The molecule has 10 nitrogen and oxygen atoms in total. The molecule has 4 aliphatic carbocycles. The molecule has 0 aromatic heterocycles. The lowest BCUT2D eigenvalue weighted by atomic mass is 9.44. The molecule has 0 aromatic carbocycles. The Hall–Kier alpha value is -2.20. The van der Waals surface area contributed by atoms with Gasteiger partial charge < -0.3 is 29.4 Å². The van der Waals surface area contributed by atoms with Crippen molar-refractivity contribution >= 4 is 23.4 Å². The van der Waals surface area contributed by atoms with E-state index in [1.54, 1.807) is 0 Å². The van der Waals surface area contributed by atoms with E-state index in [4.69, 9.17) is 24.3 Å². The van der Waals surface area contributed by atoms with E-state index in [1.165, 1.54) is 0 Å². The molecule has 6 fully saturated rings. The first-order chi connectivity index (χ1) is 19.5. The number of nitrogens with zero attached hydrogens (tertiary/aromatic N) is 2. The molecule has 4 saturated carbocycles. The molecular formula is C31H46N2O8. The molecule has 228 valence electrons. The van der Waals surface area contributed by atoms with Crippen LogP contribution in [0.4, 0.5) is 0 Å². The Labute approximate surface area is 242 Å². The maximum Gasteiger partial charge on any atom is 0.344 e. The van der Waals surface area contributed by atoms with Gasteiger partial charge in [-0.2, -0.15) is 0 Å². The predicted molar refractivity (Wildman–Crippen MR) is 149 cm³/mol. The van der Waals surface area contributed by atoms with Crippen LogP contribution in [-0.2, 0) is 28.7 Å². The third kappa shape index (κ3) is 4.67. The summed E-state index contributed by atoms with van der Waals surface area (Å²) in [5, 5.41) is 27.0. The Morgan fingerprint density at radius 2 is 1.71 bits per heavy atom. The average Bonchev–Trinajstić information content (AvgIpc) is 3.36. The summed E-state index contributed by atoms with van der Waals surface area (Å²) < 4.78 is 13.4. The number of rotatable bonds is 6. The van der Waals surface area contributed by atoms with Crippen LogP contribution in [0.2, 0.25) is 0 Å². The number of aliphatic carboxylic acids is 2. The smallest absolute Gasteiger partial charge is 0.344 e. The van der Waals surface area contributed by atoms with Crippen LogP contribution >= 0.6 is 0 Å². The first-order valence-electron chi connectivity index (χ1n) is 15.6. The van der Waals surface area contributed by atoms with Crippen molar-refractivity contribution in [2.24, 2.45) is 62.6 Å². The summed E-state index contributed by atoms with van der Waals surface area (Å²) in [6, 6.07) is 0. The monoisotopic (exact) mass is 574 g/mol. The number of carbonyl (C=O) groups is 2. The molecule has 2 saturated heterocycles. The molecule has 0 radical (unpaired) electrons. The molecule has 1 spiro atoms. The molecule has 0 amide bonds. The van der Waals surface area contributed by atoms with Crippen LogP contribution < -0.4 is 0 Å². The van der Waals surface area contributed by atoms with Crippen molar-refractivity contribution in [3.05, 3.63) is 0 Å². The van der Waals surface area contributed by atoms with Crippen molar-refractivity contribution < 1.29 is 39.0 Å². The molecule has 2 heterocycles. The number of fused-ring (bicyclic) bond motifs is 7. The zero-order valence-corrected chi connectivity index (χ0v) is 24.8. The fraction of sp³-hybridized carbons (Fsp3) is 0.871. The largest absolute Gasteiger partial charge is 0.479 e. The summed E-state index contributed by atoms with van der Waals surface area (Å²) in [4.78, 5) is 32.8. The maximum absolute atomic E-state index is 11.3. The minimum atomic E-state index is -1.02. The zero-order chi connectivity index (χ0) is 29.2. The topological polar surface area (TPSA) is 136 Å². The molecule has 1 unspecified atom stereocenters. The van der Waals surface area contributed by atoms with Gasteiger partial charge >= 0.3 is 11.9 Å². The Balaban J connectivity index is 1.29. The van der Waals surface area contributed by atoms with Gasteiger partial charge in [-0.25, -0.2) is 9.59 Å². The minimum absolute atomic E-state index is 0.0810. The summed E-state index contributed by atoms with van der Waals surface area (Å²) in [7, 11) is 0. The summed E-state index contributed by atoms with van der Waals surface area (Å²) >= 11 is 0. The Morgan fingerprint density at radius 1 is 0.976 bits per heavy atom. The molecule has 0 aromatic rings. The van der Waals surface area contributed by atoms with Gasteiger partial charge in [-0.3, -0.25) is 0 Å². The molecule has 6 rings (SSSR count). The molecule has 2 aliphatic heterocycles. The predicted octanol–water partition coefficient (Wildman–Crippen LogP) is 4.96. The van der Waals surface area contributed by atoms with E-state index >= 15 is 0 Å². The second-order valence-corrected chi connectivity index (χ2v) is 14.4. The second kappa shape index (κ2) is 10.5. The number of carboxylic acid groups (broad SMARTS) is 2. The van der Waals surface area contributed by atoms with Crippen LogP contribution in [0.3, 0.4) is 0 Å². The highest BCUT2D eigenvalue weighted by Gasteiger charge is 2.71. The fourth-order valence-electron chi connectivity index (χ4n) is 10.3. The highest BCUT2D eigenvalue weighted by atomic mass is 16.7. The summed E-state index contributed by atoms with van der Waals surface area (Å²) in [5.74, 6) is 0.178. The number of carboxylic acids is 2. The van der Waals surface area contributed by atoms with Gasteiger partial charge in [0.15, 0.2) is 5.79 Å². The van der Waals surface area contributed by atoms with Gasteiger partial charge in [0.2, 0.25) is 13.2 Å². The number of hydrogen-bond donors (Lipinski definition) is 2. The molecule has 6 aliphatic rings. The van der Waals surface area contributed by atoms with Crippen molar-refractivity contribution in [1.82, 2.24) is 0 Å². The van der Waals surface area contributed by atoms with Gasteiger partial charge in [-0.05, 0) is 86.4 Å². The highest BCUT2D eigenvalue weighted by Crippen LogP contribution is 2.70. The molecule has 41 heavy (non-hydrogen) atoms. The first kappa shape index (κ1) is 28.9. The summed E-state index contributed by atoms with van der Waals surface area (Å²) in [5.41, 5.74) is 1.79. The lowest BCUT2D eigenvalue weighted by Gasteiger charge is -2.60. The van der Waals surface area contributed by atoms with E-state index in [-0.39, 0.29) is 28.8 Å². The lowest BCUT2D eigenvalue weighted by Crippen LogP contribution is -2.58. The minimum Gasteiger partial charge on any atom is -0.479 e. The molecule has 0 bridgehead atoms. The van der Waals surface area contributed by atoms with Gasteiger partial charge in [0.1, 0.15) is 0 Å². The Morgan fingerprint density at radius 3 is 2.39 bits per heavy atom. The van der Waals surface area contributed by atoms with Crippen LogP contribution in [-0.4, -0.2) is 65.3 Å². The van der Waals surface area contributed by atoms with Gasteiger partial charge in [0.05, 0.1) is 24.1 Å². The van der Waals surface area contributed by atoms with Crippen molar-refractivity contribution in [3.63, 3.8) is 0 Å². The fourth-order valence-corrected chi connectivity index (χ4v) is 10.3. The summed E-state index contributed by atoms with van der Waals surface area (Å²) in [6.07, 6.45) is 8.71.